The SMILES string of the molecule is CNCCOc1cc2nccc(Oc3c(F)cc(NC(=O)c4cnccc4OC4CCC4)cc3F)c2cc1OC. The first-order chi connectivity index (χ1) is 19.5. The Morgan fingerprint density at radius 1 is 1.02 bits per heavy atom. The average Bonchev–Trinajstić information content (AvgIpc) is 2.92. The summed E-state index contributed by atoms with van der Waals surface area (Å²) in [5.74, 6) is -1.82. The highest BCUT2D eigenvalue weighted by Gasteiger charge is 2.23. The van der Waals surface area contributed by atoms with Crippen molar-refractivity contribution in [1.82, 2.24) is 15.3 Å². The summed E-state index contributed by atoms with van der Waals surface area (Å²) in [5, 5.41) is 5.97. The van der Waals surface area contributed by atoms with Crippen LogP contribution in [0.15, 0.2) is 55.0 Å². The lowest BCUT2D eigenvalue weighted by Gasteiger charge is -2.27. The minimum Gasteiger partial charge on any atom is -0.493 e. The molecule has 2 aromatic heterocycles. The first-order valence-corrected chi connectivity index (χ1v) is 12.8. The van der Waals surface area contributed by atoms with E-state index in [-0.39, 0.29) is 23.1 Å². The first-order valence-electron chi connectivity index (χ1n) is 12.8. The zero-order chi connectivity index (χ0) is 28.1. The van der Waals surface area contributed by atoms with Crippen molar-refractivity contribution in [3.63, 3.8) is 0 Å². The number of hydrogen-bond donors (Lipinski definition) is 2. The largest absolute Gasteiger partial charge is 0.493 e. The first kappa shape index (κ1) is 27.1. The van der Waals surface area contributed by atoms with Crippen LogP contribution in [0, 0.1) is 11.6 Å². The maximum Gasteiger partial charge on any atom is 0.261 e. The van der Waals surface area contributed by atoms with E-state index in [4.69, 9.17) is 18.9 Å². The number of aromatic nitrogens is 2. The molecule has 0 unspecified atom stereocenters. The van der Waals surface area contributed by atoms with Gasteiger partial charge in [-0.25, -0.2) is 8.78 Å². The molecule has 208 valence electrons. The van der Waals surface area contributed by atoms with Crippen LogP contribution < -0.4 is 29.6 Å². The quantitative estimate of drug-likeness (QED) is 0.236. The Labute approximate surface area is 229 Å². The van der Waals surface area contributed by atoms with Crippen LogP contribution in [0.1, 0.15) is 29.6 Å². The highest BCUT2D eigenvalue weighted by Crippen LogP contribution is 2.38. The van der Waals surface area contributed by atoms with Gasteiger partial charge in [-0.05, 0) is 44.5 Å². The van der Waals surface area contributed by atoms with E-state index >= 15 is 8.78 Å². The van der Waals surface area contributed by atoms with Gasteiger partial charge < -0.3 is 29.6 Å². The zero-order valence-electron chi connectivity index (χ0n) is 22.0. The maximum absolute atomic E-state index is 15.1. The fourth-order valence-corrected chi connectivity index (χ4v) is 4.11. The van der Waals surface area contributed by atoms with Crippen molar-refractivity contribution < 1.29 is 32.5 Å². The minimum atomic E-state index is -1.00. The average molecular weight is 551 g/mol. The van der Waals surface area contributed by atoms with Gasteiger partial charge in [-0.15, -0.1) is 0 Å². The van der Waals surface area contributed by atoms with Gasteiger partial charge in [0.1, 0.15) is 18.1 Å². The minimum absolute atomic E-state index is 0.0435. The van der Waals surface area contributed by atoms with Crippen LogP contribution in [0.2, 0.25) is 0 Å². The molecule has 0 spiro atoms. The molecule has 2 heterocycles. The Kier molecular flexibility index (Phi) is 8.20. The summed E-state index contributed by atoms with van der Waals surface area (Å²) < 4.78 is 53.0. The van der Waals surface area contributed by atoms with E-state index in [1.165, 1.54) is 31.8 Å². The van der Waals surface area contributed by atoms with Crippen molar-refractivity contribution >= 4 is 22.5 Å². The van der Waals surface area contributed by atoms with Crippen molar-refractivity contribution in [3.05, 3.63) is 72.2 Å². The molecule has 1 saturated carbocycles. The Hall–Kier alpha value is -4.51. The number of carbonyl (C=O) groups is 1. The van der Waals surface area contributed by atoms with Gasteiger partial charge in [0.05, 0.1) is 24.3 Å². The summed E-state index contributed by atoms with van der Waals surface area (Å²) >= 11 is 0. The topological polar surface area (TPSA) is 104 Å². The number of carbonyl (C=O) groups excluding carboxylic acids is 1. The van der Waals surface area contributed by atoms with Crippen LogP contribution in [-0.2, 0) is 0 Å². The summed E-state index contributed by atoms with van der Waals surface area (Å²) in [5.41, 5.74) is 0.566. The Bertz CT molecular complexity index is 1510. The third kappa shape index (κ3) is 5.89. The number of pyridine rings is 2. The normalized spacial score (nSPS) is 13.0. The number of amides is 1. The molecule has 4 aromatic rings. The van der Waals surface area contributed by atoms with Crippen molar-refractivity contribution in [2.75, 3.05) is 32.6 Å². The van der Waals surface area contributed by atoms with Crippen LogP contribution in [0.4, 0.5) is 14.5 Å². The lowest BCUT2D eigenvalue weighted by atomic mass is 9.96. The number of nitrogens with one attached hydrogen (secondary N) is 2. The number of anilines is 1. The Balaban J connectivity index is 1.37. The molecule has 40 heavy (non-hydrogen) atoms. The van der Waals surface area contributed by atoms with Gasteiger partial charge in [0.25, 0.3) is 5.91 Å². The van der Waals surface area contributed by atoms with E-state index in [0.717, 1.165) is 31.4 Å². The number of fused-ring (bicyclic) bond motifs is 1. The lowest BCUT2D eigenvalue weighted by molar-refractivity contribution is 0.0991. The van der Waals surface area contributed by atoms with E-state index in [0.29, 0.717) is 41.3 Å². The standard InChI is InChI=1S/C29H28F2N4O5/c1-32-10-11-38-27-15-23-19(14-26(27)37-2)24(7-9-34-23)40-28-21(30)12-17(13-22(28)31)35-29(36)20-16-33-8-6-25(20)39-18-4-3-5-18/h6-9,12-16,18,32H,3-5,10-11H2,1-2H3,(H,35,36). The molecule has 0 saturated heterocycles. The molecule has 2 aromatic carbocycles. The molecule has 0 radical (unpaired) electrons. The number of ether oxygens (including phenoxy) is 4. The van der Waals surface area contributed by atoms with Crippen LogP contribution in [-0.4, -0.2) is 49.3 Å². The molecule has 1 aliphatic carbocycles. The number of methoxy groups -OCH3 is 1. The van der Waals surface area contributed by atoms with Gasteiger partial charge >= 0.3 is 0 Å². The summed E-state index contributed by atoms with van der Waals surface area (Å²) in [7, 11) is 3.30. The van der Waals surface area contributed by atoms with Crippen molar-refractivity contribution in [2.24, 2.45) is 0 Å². The monoisotopic (exact) mass is 550 g/mol. The molecule has 1 fully saturated rings. The predicted molar refractivity (Wildman–Crippen MR) is 145 cm³/mol. The van der Waals surface area contributed by atoms with Gasteiger partial charge in [0.2, 0.25) is 0 Å². The Morgan fingerprint density at radius 2 is 1.80 bits per heavy atom. The molecular weight excluding hydrogens is 522 g/mol. The van der Waals surface area contributed by atoms with E-state index in [9.17, 15) is 4.79 Å². The van der Waals surface area contributed by atoms with Gasteiger partial charge in [-0.1, -0.05) is 0 Å². The van der Waals surface area contributed by atoms with E-state index < -0.39 is 23.3 Å². The van der Waals surface area contributed by atoms with Gasteiger partial charge in [0.15, 0.2) is 28.9 Å². The highest BCUT2D eigenvalue weighted by molar-refractivity contribution is 6.06. The number of likely N-dealkylation sites (N-methyl/N-ethyl adjacent to an activating group) is 1. The third-order valence-electron chi connectivity index (χ3n) is 6.44. The lowest BCUT2D eigenvalue weighted by Crippen LogP contribution is -2.26. The van der Waals surface area contributed by atoms with Crippen molar-refractivity contribution in [3.8, 4) is 28.7 Å². The summed E-state index contributed by atoms with van der Waals surface area (Å²) in [4.78, 5) is 21.2. The second kappa shape index (κ2) is 12.1. The van der Waals surface area contributed by atoms with E-state index in [1.54, 1.807) is 18.2 Å². The molecule has 5 rings (SSSR count). The van der Waals surface area contributed by atoms with Gasteiger partial charge in [-0.3, -0.25) is 14.8 Å². The fourth-order valence-electron chi connectivity index (χ4n) is 4.11. The van der Waals surface area contributed by atoms with E-state index in [2.05, 4.69) is 20.6 Å². The summed E-state index contributed by atoms with van der Waals surface area (Å²) in [6.45, 7) is 1.04. The molecule has 2 N–H and O–H groups in total. The third-order valence-corrected chi connectivity index (χ3v) is 6.44. The highest BCUT2D eigenvalue weighted by atomic mass is 19.1. The molecular formula is C29H28F2N4O5. The number of rotatable bonds is 11. The number of hydrogen-bond acceptors (Lipinski definition) is 8. The summed E-state index contributed by atoms with van der Waals surface area (Å²) in [6, 6.07) is 8.35. The van der Waals surface area contributed by atoms with E-state index in [1.807, 2.05) is 7.05 Å². The number of nitrogens with zero attached hydrogens (tertiary/aromatic N) is 2. The number of benzene rings is 2. The molecule has 0 aliphatic heterocycles. The molecule has 1 amide bonds. The number of halogens is 2. The fraction of sp³-hybridized carbons (Fsp3) is 0.276. The maximum atomic E-state index is 15.1. The molecule has 0 bridgehead atoms. The van der Waals surface area contributed by atoms with Crippen molar-refractivity contribution in [1.29, 1.82) is 0 Å². The predicted octanol–water partition coefficient (Wildman–Crippen LogP) is 5.49. The smallest absolute Gasteiger partial charge is 0.261 e. The van der Waals surface area contributed by atoms with Crippen LogP contribution in [0.3, 0.4) is 0 Å². The molecule has 9 nitrogen and oxygen atoms in total. The second-order valence-corrected chi connectivity index (χ2v) is 9.15. The Morgan fingerprint density at radius 3 is 2.50 bits per heavy atom. The zero-order valence-corrected chi connectivity index (χ0v) is 22.0. The molecule has 11 heteroatoms. The molecule has 1 aliphatic rings. The van der Waals surface area contributed by atoms with Crippen LogP contribution >= 0.6 is 0 Å². The second-order valence-electron chi connectivity index (χ2n) is 9.15. The van der Waals surface area contributed by atoms with Crippen LogP contribution in [0.25, 0.3) is 10.9 Å². The van der Waals surface area contributed by atoms with Crippen molar-refractivity contribution in [2.45, 2.75) is 25.4 Å². The summed E-state index contributed by atoms with van der Waals surface area (Å²) in [6.07, 6.45) is 7.27. The van der Waals surface area contributed by atoms with Gasteiger partial charge in [0, 0.05) is 54.4 Å². The van der Waals surface area contributed by atoms with Crippen LogP contribution in [0.5, 0.6) is 28.7 Å². The molecule has 0 atom stereocenters. The van der Waals surface area contributed by atoms with Gasteiger partial charge in [-0.2, -0.15) is 0 Å².